The van der Waals surface area contributed by atoms with E-state index in [1.165, 1.54) is 23.5 Å². The number of sulfonamides is 1. The van der Waals surface area contributed by atoms with Gasteiger partial charge in [-0.15, -0.1) is 0 Å². The van der Waals surface area contributed by atoms with Crippen molar-refractivity contribution >= 4 is 33.2 Å². The Labute approximate surface area is 194 Å². The molecule has 0 saturated carbocycles. The summed E-state index contributed by atoms with van der Waals surface area (Å²) in [6.45, 7) is 4.25. The van der Waals surface area contributed by atoms with Crippen molar-refractivity contribution in [3.63, 3.8) is 0 Å². The first-order chi connectivity index (χ1) is 15.1. The van der Waals surface area contributed by atoms with Crippen LogP contribution < -0.4 is 14.8 Å². The van der Waals surface area contributed by atoms with E-state index in [0.29, 0.717) is 29.6 Å². The van der Waals surface area contributed by atoms with E-state index in [-0.39, 0.29) is 10.6 Å². The van der Waals surface area contributed by atoms with Gasteiger partial charge in [-0.1, -0.05) is 24.4 Å². The molecular formula is C23H29ClN2O5S. The van der Waals surface area contributed by atoms with Gasteiger partial charge in [0.25, 0.3) is 5.91 Å². The van der Waals surface area contributed by atoms with E-state index < -0.39 is 21.5 Å². The lowest BCUT2D eigenvalue weighted by Gasteiger charge is -2.26. The van der Waals surface area contributed by atoms with Gasteiger partial charge in [-0.05, 0) is 69.2 Å². The molecule has 32 heavy (non-hydrogen) atoms. The van der Waals surface area contributed by atoms with Crippen LogP contribution in [0.1, 0.15) is 39.5 Å². The van der Waals surface area contributed by atoms with Crippen LogP contribution in [0.2, 0.25) is 5.02 Å². The molecule has 0 spiro atoms. The molecular weight excluding hydrogens is 452 g/mol. The molecule has 1 aliphatic rings. The summed E-state index contributed by atoms with van der Waals surface area (Å²) >= 11 is 5.90. The van der Waals surface area contributed by atoms with Gasteiger partial charge >= 0.3 is 0 Å². The lowest BCUT2D eigenvalue weighted by Crippen LogP contribution is -2.42. The molecule has 7 nitrogen and oxygen atoms in total. The van der Waals surface area contributed by atoms with E-state index in [2.05, 4.69) is 5.32 Å². The number of hydrogen-bond acceptors (Lipinski definition) is 5. The quantitative estimate of drug-likeness (QED) is 0.620. The zero-order chi connectivity index (χ0) is 23.4. The van der Waals surface area contributed by atoms with Crippen LogP contribution in [0.15, 0.2) is 47.4 Å². The number of nitrogens with one attached hydrogen (secondary N) is 1. The largest absolute Gasteiger partial charge is 0.495 e. The van der Waals surface area contributed by atoms with Crippen LogP contribution in [0.4, 0.5) is 5.69 Å². The van der Waals surface area contributed by atoms with E-state index >= 15 is 0 Å². The Hall–Kier alpha value is -2.29. The number of methoxy groups -OCH3 is 1. The SMILES string of the molecule is COc1ccc(S(=O)(=O)N2CCCCCC2)cc1NC(=O)C(C)(C)Oc1ccc(Cl)cc1. The molecule has 9 heteroatoms. The minimum atomic E-state index is -3.67. The average molecular weight is 481 g/mol. The Morgan fingerprint density at radius 3 is 2.25 bits per heavy atom. The summed E-state index contributed by atoms with van der Waals surface area (Å²) in [5, 5.41) is 3.32. The first-order valence-corrected chi connectivity index (χ1v) is 12.4. The number of hydrogen-bond donors (Lipinski definition) is 1. The molecule has 1 amide bonds. The zero-order valence-corrected chi connectivity index (χ0v) is 20.1. The monoisotopic (exact) mass is 480 g/mol. The van der Waals surface area contributed by atoms with E-state index in [9.17, 15) is 13.2 Å². The highest BCUT2D eigenvalue weighted by Gasteiger charge is 2.32. The van der Waals surface area contributed by atoms with Crippen LogP contribution in [-0.4, -0.2) is 44.4 Å². The second-order valence-electron chi connectivity index (χ2n) is 8.20. The van der Waals surface area contributed by atoms with Crippen LogP contribution in [0.3, 0.4) is 0 Å². The molecule has 1 aliphatic heterocycles. The summed E-state index contributed by atoms with van der Waals surface area (Å²) in [4.78, 5) is 13.1. The van der Waals surface area contributed by atoms with Gasteiger partial charge in [-0.3, -0.25) is 4.79 Å². The van der Waals surface area contributed by atoms with Crippen LogP contribution in [-0.2, 0) is 14.8 Å². The highest BCUT2D eigenvalue weighted by molar-refractivity contribution is 7.89. The Bertz CT molecular complexity index is 1050. The molecule has 1 fully saturated rings. The predicted molar refractivity (Wildman–Crippen MR) is 125 cm³/mol. The second-order valence-corrected chi connectivity index (χ2v) is 10.6. The molecule has 1 saturated heterocycles. The van der Waals surface area contributed by atoms with Gasteiger partial charge < -0.3 is 14.8 Å². The number of anilines is 1. The number of carbonyl (C=O) groups excluding carboxylic acids is 1. The van der Waals surface area contributed by atoms with E-state index in [1.54, 1.807) is 44.2 Å². The van der Waals surface area contributed by atoms with Crippen molar-refractivity contribution in [1.29, 1.82) is 0 Å². The second kappa shape index (κ2) is 10.1. The van der Waals surface area contributed by atoms with Gasteiger partial charge in [0.1, 0.15) is 11.5 Å². The summed E-state index contributed by atoms with van der Waals surface area (Å²) in [6.07, 6.45) is 3.74. The van der Waals surface area contributed by atoms with Crippen molar-refractivity contribution in [2.45, 2.75) is 50.0 Å². The number of halogens is 1. The van der Waals surface area contributed by atoms with Crippen molar-refractivity contribution in [3.05, 3.63) is 47.5 Å². The molecule has 0 aromatic heterocycles. The van der Waals surface area contributed by atoms with Gasteiger partial charge in [-0.25, -0.2) is 8.42 Å². The minimum absolute atomic E-state index is 0.118. The van der Waals surface area contributed by atoms with Gasteiger partial charge in [0.2, 0.25) is 10.0 Å². The third-order valence-electron chi connectivity index (χ3n) is 5.36. The lowest BCUT2D eigenvalue weighted by atomic mass is 10.1. The molecule has 0 aliphatic carbocycles. The molecule has 0 bridgehead atoms. The smallest absolute Gasteiger partial charge is 0.268 e. The number of benzene rings is 2. The third-order valence-corrected chi connectivity index (χ3v) is 7.50. The number of amides is 1. The maximum atomic E-state index is 13.2. The molecule has 0 radical (unpaired) electrons. The highest BCUT2D eigenvalue weighted by atomic mass is 35.5. The maximum Gasteiger partial charge on any atom is 0.268 e. The number of carbonyl (C=O) groups is 1. The number of nitrogens with zero attached hydrogens (tertiary/aromatic N) is 1. The van der Waals surface area contributed by atoms with Gasteiger partial charge in [0, 0.05) is 18.1 Å². The van der Waals surface area contributed by atoms with Gasteiger partial charge in [0.15, 0.2) is 5.60 Å². The fourth-order valence-corrected chi connectivity index (χ4v) is 5.16. The summed E-state index contributed by atoms with van der Waals surface area (Å²) in [5.74, 6) is 0.393. The van der Waals surface area contributed by atoms with Crippen LogP contribution in [0.5, 0.6) is 11.5 Å². The summed E-state index contributed by atoms with van der Waals surface area (Å²) < 4.78 is 39.1. The normalized spacial score (nSPS) is 15.6. The number of rotatable bonds is 7. The highest BCUT2D eigenvalue weighted by Crippen LogP contribution is 2.31. The molecule has 0 unspecified atom stereocenters. The van der Waals surface area contributed by atoms with E-state index in [1.807, 2.05) is 0 Å². The summed E-state index contributed by atoms with van der Waals surface area (Å²) in [6, 6.07) is 11.2. The molecule has 1 heterocycles. The molecule has 174 valence electrons. The lowest BCUT2D eigenvalue weighted by molar-refractivity contribution is -0.128. The van der Waals surface area contributed by atoms with Gasteiger partial charge in [0.05, 0.1) is 17.7 Å². The maximum absolute atomic E-state index is 13.2. The fourth-order valence-electron chi connectivity index (χ4n) is 3.49. The topological polar surface area (TPSA) is 84.9 Å². The Kier molecular flexibility index (Phi) is 7.69. The standard InChI is InChI=1S/C23H29ClN2O5S/c1-23(2,31-18-10-8-17(24)9-11-18)22(27)25-20-16-19(12-13-21(20)30-3)32(28,29)26-14-6-4-5-7-15-26/h8-13,16H,4-7,14-15H2,1-3H3,(H,25,27). The summed E-state index contributed by atoms with van der Waals surface area (Å²) in [7, 11) is -2.21. The zero-order valence-electron chi connectivity index (χ0n) is 18.6. The van der Waals surface area contributed by atoms with Crippen molar-refractivity contribution in [2.24, 2.45) is 0 Å². The van der Waals surface area contributed by atoms with Crippen molar-refractivity contribution in [2.75, 3.05) is 25.5 Å². The van der Waals surface area contributed by atoms with Crippen LogP contribution >= 0.6 is 11.6 Å². The van der Waals surface area contributed by atoms with Crippen molar-refractivity contribution < 1.29 is 22.7 Å². The predicted octanol–water partition coefficient (Wildman–Crippen LogP) is 4.71. The first kappa shape index (κ1) is 24.4. The molecule has 3 rings (SSSR count). The fraction of sp³-hybridized carbons (Fsp3) is 0.435. The summed E-state index contributed by atoms with van der Waals surface area (Å²) in [5.41, 5.74) is -0.973. The molecule has 2 aromatic carbocycles. The Morgan fingerprint density at radius 1 is 1.03 bits per heavy atom. The molecule has 2 aromatic rings. The van der Waals surface area contributed by atoms with Gasteiger partial charge in [-0.2, -0.15) is 4.31 Å². The Morgan fingerprint density at radius 2 is 1.66 bits per heavy atom. The third kappa shape index (κ3) is 5.74. The van der Waals surface area contributed by atoms with E-state index in [4.69, 9.17) is 21.1 Å². The van der Waals surface area contributed by atoms with Crippen molar-refractivity contribution in [1.82, 2.24) is 4.31 Å². The Balaban J connectivity index is 1.83. The van der Waals surface area contributed by atoms with Crippen LogP contribution in [0.25, 0.3) is 0 Å². The van der Waals surface area contributed by atoms with E-state index in [0.717, 1.165) is 25.7 Å². The van der Waals surface area contributed by atoms with Crippen LogP contribution in [0, 0.1) is 0 Å². The van der Waals surface area contributed by atoms with Crippen molar-refractivity contribution in [3.8, 4) is 11.5 Å². The number of ether oxygens (including phenoxy) is 2. The molecule has 1 N–H and O–H groups in total. The molecule has 0 atom stereocenters. The average Bonchev–Trinajstić information content (AvgIpc) is 3.05. The first-order valence-electron chi connectivity index (χ1n) is 10.6. The minimum Gasteiger partial charge on any atom is -0.495 e.